The third-order valence-electron chi connectivity index (χ3n) is 2.54. The summed E-state index contributed by atoms with van der Waals surface area (Å²) in [5, 5.41) is 7.78. The highest BCUT2D eigenvalue weighted by atomic mass is 35.5. The molecule has 1 fully saturated rings. The van der Waals surface area contributed by atoms with E-state index in [0.717, 1.165) is 12.4 Å². The van der Waals surface area contributed by atoms with Crippen molar-refractivity contribution in [2.75, 3.05) is 17.3 Å². The zero-order valence-electron chi connectivity index (χ0n) is 7.65. The van der Waals surface area contributed by atoms with Gasteiger partial charge in [-0.1, -0.05) is 5.21 Å². The van der Waals surface area contributed by atoms with Crippen molar-refractivity contribution in [2.24, 2.45) is 7.05 Å². The molecule has 2 rings (SSSR count). The number of nitrogens with zero attached hydrogens (tertiary/aromatic N) is 4. The molecular formula is C8H13ClN4. The first-order valence-corrected chi connectivity index (χ1v) is 5.03. The van der Waals surface area contributed by atoms with Gasteiger partial charge in [-0.25, -0.2) is 4.68 Å². The summed E-state index contributed by atoms with van der Waals surface area (Å²) in [4.78, 5) is 2.28. The summed E-state index contributed by atoms with van der Waals surface area (Å²) in [7, 11) is 1.91. The van der Waals surface area contributed by atoms with E-state index in [9.17, 15) is 0 Å². The molecule has 0 radical (unpaired) electrons. The van der Waals surface area contributed by atoms with Crippen LogP contribution in [0.2, 0.25) is 0 Å². The number of alkyl halides is 1. The van der Waals surface area contributed by atoms with Crippen LogP contribution in [0.15, 0.2) is 6.20 Å². The quantitative estimate of drug-likeness (QED) is 0.669. The molecule has 1 aliphatic rings. The van der Waals surface area contributed by atoms with Crippen LogP contribution in [-0.2, 0) is 7.05 Å². The number of halogens is 1. The summed E-state index contributed by atoms with van der Waals surface area (Å²) in [5.74, 6) is 1.76. The molecule has 1 saturated heterocycles. The van der Waals surface area contributed by atoms with Crippen molar-refractivity contribution in [3.63, 3.8) is 0 Å². The van der Waals surface area contributed by atoms with Crippen LogP contribution in [0.4, 0.5) is 5.82 Å². The molecule has 13 heavy (non-hydrogen) atoms. The molecule has 1 atom stereocenters. The Kier molecular flexibility index (Phi) is 2.40. The lowest BCUT2D eigenvalue weighted by molar-refractivity contribution is 0.668. The van der Waals surface area contributed by atoms with Gasteiger partial charge >= 0.3 is 0 Å². The standard InChI is InChI=1S/C8H13ClN4/c1-12-8(6-10-11-12)13-4-2-3-7(13)5-9/h6-7H,2-5H2,1H3. The van der Waals surface area contributed by atoms with E-state index >= 15 is 0 Å². The molecule has 1 aromatic rings. The number of aromatic nitrogens is 3. The van der Waals surface area contributed by atoms with E-state index in [1.54, 1.807) is 10.9 Å². The number of anilines is 1. The lowest BCUT2D eigenvalue weighted by Gasteiger charge is -2.23. The smallest absolute Gasteiger partial charge is 0.147 e. The van der Waals surface area contributed by atoms with Gasteiger partial charge in [-0.3, -0.25) is 0 Å². The second-order valence-corrected chi connectivity index (χ2v) is 3.67. The fraction of sp³-hybridized carbons (Fsp3) is 0.750. The van der Waals surface area contributed by atoms with Gasteiger partial charge in [0.2, 0.25) is 0 Å². The Bertz CT molecular complexity index is 285. The maximum atomic E-state index is 5.88. The molecule has 0 aliphatic carbocycles. The van der Waals surface area contributed by atoms with Gasteiger partial charge in [-0.2, -0.15) is 0 Å². The van der Waals surface area contributed by atoms with E-state index in [-0.39, 0.29) is 0 Å². The van der Waals surface area contributed by atoms with Crippen molar-refractivity contribution >= 4 is 17.4 Å². The summed E-state index contributed by atoms with van der Waals surface area (Å²) in [6.07, 6.45) is 4.18. The minimum absolute atomic E-state index is 0.457. The van der Waals surface area contributed by atoms with Crippen LogP contribution in [0.1, 0.15) is 12.8 Å². The van der Waals surface area contributed by atoms with E-state index in [4.69, 9.17) is 11.6 Å². The Balaban J connectivity index is 2.20. The Morgan fingerprint density at radius 3 is 3.15 bits per heavy atom. The zero-order chi connectivity index (χ0) is 9.26. The van der Waals surface area contributed by atoms with Gasteiger partial charge in [0.15, 0.2) is 0 Å². The van der Waals surface area contributed by atoms with E-state index in [0.29, 0.717) is 11.9 Å². The highest BCUT2D eigenvalue weighted by Gasteiger charge is 2.25. The molecule has 0 bridgehead atoms. The summed E-state index contributed by atoms with van der Waals surface area (Å²) < 4.78 is 1.80. The van der Waals surface area contributed by atoms with Crippen molar-refractivity contribution in [1.82, 2.24) is 15.0 Å². The minimum Gasteiger partial charge on any atom is -0.351 e. The summed E-state index contributed by atoms with van der Waals surface area (Å²) >= 11 is 5.88. The number of aryl methyl sites for hydroxylation is 1. The van der Waals surface area contributed by atoms with Gasteiger partial charge in [0.25, 0.3) is 0 Å². The first kappa shape index (κ1) is 8.81. The average molecular weight is 201 g/mol. The van der Waals surface area contributed by atoms with Gasteiger partial charge in [-0.15, -0.1) is 16.7 Å². The normalized spacial score (nSPS) is 22.6. The third-order valence-corrected chi connectivity index (χ3v) is 2.90. The molecule has 1 aromatic heterocycles. The van der Waals surface area contributed by atoms with Gasteiger partial charge < -0.3 is 4.90 Å². The van der Waals surface area contributed by atoms with Gasteiger partial charge in [0.1, 0.15) is 5.82 Å². The summed E-state index contributed by atoms with van der Waals surface area (Å²) in [6.45, 7) is 1.07. The number of hydrogen-bond acceptors (Lipinski definition) is 3. The SMILES string of the molecule is Cn1nncc1N1CCCC1CCl. The fourth-order valence-electron chi connectivity index (χ4n) is 1.84. The van der Waals surface area contributed by atoms with Gasteiger partial charge in [-0.05, 0) is 12.8 Å². The average Bonchev–Trinajstić information content (AvgIpc) is 2.71. The molecular weight excluding hydrogens is 188 g/mol. The van der Waals surface area contributed by atoms with Crippen molar-refractivity contribution in [2.45, 2.75) is 18.9 Å². The van der Waals surface area contributed by atoms with E-state index in [1.807, 2.05) is 7.05 Å². The van der Waals surface area contributed by atoms with E-state index in [2.05, 4.69) is 15.2 Å². The summed E-state index contributed by atoms with van der Waals surface area (Å²) in [6, 6.07) is 0.457. The number of rotatable bonds is 2. The Hall–Kier alpha value is -0.770. The Morgan fingerprint density at radius 1 is 1.69 bits per heavy atom. The predicted octanol–water partition coefficient (Wildman–Crippen LogP) is 1.02. The van der Waals surface area contributed by atoms with Crippen molar-refractivity contribution in [1.29, 1.82) is 0 Å². The maximum absolute atomic E-state index is 5.88. The fourth-order valence-corrected chi connectivity index (χ4v) is 2.16. The zero-order valence-corrected chi connectivity index (χ0v) is 8.41. The van der Waals surface area contributed by atoms with Crippen LogP contribution < -0.4 is 4.90 Å². The molecule has 1 unspecified atom stereocenters. The lowest BCUT2D eigenvalue weighted by atomic mass is 10.2. The first-order chi connectivity index (χ1) is 6.33. The molecule has 0 saturated carbocycles. The van der Waals surface area contributed by atoms with Crippen LogP contribution in [0.5, 0.6) is 0 Å². The van der Waals surface area contributed by atoms with Crippen molar-refractivity contribution in [3.05, 3.63) is 6.20 Å². The molecule has 0 N–H and O–H groups in total. The van der Waals surface area contributed by atoms with E-state index < -0.39 is 0 Å². The number of hydrogen-bond donors (Lipinski definition) is 0. The predicted molar refractivity (Wildman–Crippen MR) is 52.1 cm³/mol. The maximum Gasteiger partial charge on any atom is 0.147 e. The monoisotopic (exact) mass is 200 g/mol. The second kappa shape index (κ2) is 3.54. The molecule has 0 amide bonds. The first-order valence-electron chi connectivity index (χ1n) is 4.50. The van der Waals surface area contributed by atoms with Crippen LogP contribution in [-0.4, -0.2) is 33.5 Å². The highest BCUT2D eigenvalue weighted by molar-refractivity contribution is 6.18. The molecule has 72 valence electrons. The topological polar surface area (TPSA) is 34.0 Å². The van der Waals surface area contributed by atoms with Crippen LogP contribution in [0, 0.1) is 0 Å². The largest absolute Gasteiger partial charge is 0.351 e. The van der Waals surface area contributed by atoms with Crippen LogP contribution in [0.3, 0.4) is 0 Å². The Morgan fingerprint density at radius 2 is 2.54 bits per heavy atom. The molecule has 2 heterocycles. The van der Waals surface area contributed by atoms with E-state index in [1.165, 1.54) is 12.8 Å². The van der Waals surface area contributed by atoms with Crippen molar-refractivity contribution < 1.29 is 0 Å². The molecule has 1 aliphatic heterocycles. The van der Waals surface area contributed by atoms with Gasteiger partial charge in [0, 0.05) is 25.5 Å². The van der Waals surface area contributed by atoms with Crippen LogP contribution >= 0.6 is 11.6 Å². The second-order valence-electron chi connectivity index (χ2n) is 3.36. The molecule has 5 heteroatoms. The van der Waals surface area contributed by atoms with Crippen molar-refractivity contribution in [3.8, 4) is 0 Å². The molecule has 0 spiro atoms. The molecule has 0 aromatic carbocycles. The molecule has 4 nitrogen and oxygen atoms in total. The minimum atomic E-state index is 0.457. The summed E-state index contributed by atoms with van der Waals surface area (Å²) in [5.41, 5.74) is 0. The van der Waals surface area contributed by atoms with Gasteiger partial charge in [0.05, 0.1) is 6.20 Å². The highest BCUT2D eigenvalue weighted by Crippen LogP contribution is 2.24. The third kappa shape index (κ3) is 1.50. The Labute approximate surface area is 82.5 Å². The van der Waals surface area contributed by atoms with Crippen LogP contribution in [0.25, 0.3) is 0 Å². The lowest BCUT2D eigenvalue weighted by Crippen LogP contribution is -2.32.